The fourth-order valence-corrected chi connectivity index (χ4v) is 3.06. The number of carboxylic acid groups (broad SMARTS) is 1. The van der Waals surface area contributed by atoms with E-state index < -0.39 is 53.8 Å². The van der Waals surface area contributed by atoms with E-state index in [2.05, 4.69) is 25.9 Å². The van der Waals surface area contributed by atoms with Gasteiger partial charge in [0.15, 0.2) is 0 Å². The number of nitrogens with two attached hydrogens (primary N) is 2. The Morgan fingerprint density at radius 1 is 1.12 bits per heavy atom. The third-order valence-electron chi connectivity index (χ3n) is 4.35. The number of imidazole rings is 1. The molecule has 9 N–H and O–H groups in total. The second-order valence-corrected chi connectivity index (χ2v) is 8.02. The van der Waals surface area contributed by atoms with Gasteiger partial charge in [-0.05, 0) is 25.4 Å². The summed E-state index contributed by atoms with van der Waals surface area (Å²) < 4.78 is 0. The number of primary amides is 1. The van der Waals surface area contributed by atoms with Gasteiger partial charge in [0.05, 0.1) is 18.8 Å². The Kier molecular flexibility index (Phi) is 11.2. The summed E-state index contributed by atoms with van der Waals surface area (Å²) in [6.07, 6.45) is 4.49. The second kappa shape index (κ2) is 13.3. The van der Waals surface area contributed by atoms with E-state index in [-0.39, 0.29) is 19.3 Å². The third-order valence-corrected chi connectivity index (χ3v) is 4.99. The minimum atomic E-state index is -1.24. The van der Waals surface area contributed by atoms with Gasteiger partial charge in [0.1, 0.15) is 18.1 Å². The standard InChI is InChI=1S/C18H29N7O6S/c1-9(23-16(28)11(19)6-14(20)26)15(27)24-12(3-4-32-2)17(29)25-13(18(30)31)5-10-7-21-8-22-10/h7-9,11-13H,3-6,19H2,1-2H3,(H2,20,26)(H,21,22)(H,23,28)(H,24,27)(H,25,29)(H,30,31). The van der Waals surface area contributed by atoms with Crippen LogP contribution >= 0.6 is 11.8 Å². The van der Waals surface area contributed by atoms with Crippen LogP contribution in [-0.4, -0.2) is 80.8 Å². The van der Waals surface area contributed by atoms with Crippen LogP contribution in [0.25, 0.3) is 0 Å². The molecule has 0 bridgehead atoms. The van der Waals surface area contributed by atoms with Crippen molar-refractivity contribution >= 4 is 41.4 Å². The third kappa shape index (κ3) is 9.34. The smallest absolute Gasteiger partial charge is 0.326 e. The zero-order valence-electron chi connectivity index (χ0n) is 17.8. The maximum Gasteiger partial charge on any atom is 0.326 e. The van der Waals surface area contributed by atoms with Crippen LogP contribution in [0.3, 0.4) is 0 Å². The maximum atomic E-state index is 12.7. The van der Waals surface area contributed by atoms with Crippen molar-refractivity contribution in [3.05, 3.63) is 18.2 Å². The van der Waals surface area contributed by atoms with E-state index in [1.54, 1.807) is 0 Å². The first-order chi connectivity index (χ1) is 15.0. The van der Waals surface area contributed by atoms with E-state index >= 15 is 0 Å². The van der Waals surface area contributed by atoms with Crippen molar-refractivity contribution < 1.29 is 29.1 Å². The Labute approximate surface area is 188 Å². The van der Waals surface area contributed by atoms with Crippen molar-refractivity contribution in [3.8, 4) is 0 Å². The number of H-pyrrole nitrogens is 1. The molecule has 1 aromatic rings. The quantitative estimate of drug-likeness (QED) is 0.152. The summed E-state index contributed by atoms with van der Waals surface area (Å²) in [5.41, 5.74) is 11.1. The highest BCUT2D eigenvalue weighted by Gasteiger charge is 2.29. The number of rotatable bonds is 14. The molecule has 0 aliphatic rings. The van der Waals surface area contributed by atoms with Gasteiger partial charge in [0, 0.05) is 18.3 Å². The Morgan fingerprint density at radius 2 is 1.78 bits per heavy atom. The Hall–Kier alpha value is -3.13. The number of carbonyl (C=O) groups excluding carboxylic acids is 4. The maximum absolute atomic E-state index is 12.7. The van der Waals surface area contributed by atoms with Crippen molar-refractivity contribution in [2.24, 2.45) is 11.5 Å². The van der Waals surface area contributed by atoms with Crippen molar-refractivity contribution in [3.63, 3.8) is 0 Å². The van der Waals surface area contributed by atoms with Gasteiger partial charge in [0.25, 0.3) is 0 Å². The van der Waals surface area contributed by atoms with E-state index in [1.165, 1.54) is 31.2 Å². The van der Waals surface area contributed by atoms with Crippen LogP contribution in [0.5, 0.6) is 0 Å². The van der Waals surface area contributed by atoms with Crippen LogP contribution in [-0.2, 0) is 30.4 Å². The lowest BCUT2D eigenvalue weighted by molar-refractivity contribution is -0.142. The number of aromatic amines is 1. The van der Waals surface area contributed by atoms with Gasteiger partial charge in [-0.25, -0.2) is 9.78 Å². The molecule has 0 aliphatic carbocycles. The zero-order chi connectivity index (χ0) is 24.3. The van der Waals surface area contributed by atoms with Crippen LogP contribution in [0.4, 0.5) is 0 Å². The fourth-order valence-electron chi connectivity index (χ4n) is 2.59. The molecule has 0 fully saturated rings. The molecule has 4 atom stereocenters. The number of carbonyl (C=O) groups is 5. The largest absolute Gasteiger partial charge is 0.480 e. The SMILES string of the molecule is CSCCC(NC(=O)C(C)NC(=O)C(N)CC(N)=O)C(=O)NC(Cc1cnc[nH]1)C(=O)O. The summed E-state index contributed by atoms with van der Waals surface area (Å²) in [7, 11) is 0. The van der Waals surface area contributed by atoms with Crippen LogP contribution in [0.1, 0.15) is 25.5 Å². The number of aliphatic carboxylic acids is 1. The van der Waals surface area contributed by atoms with Gasteiger partial charge >= 0.3 is 5.97 Å². The first-order valence-electron chi connectivity index (χ1n) is 9.69. The molecule has 1 aromatic heterocycles. The minimum Gasteiger partial charge on any atom is -0.480 e. The van der Waals surface area contributed by atoms with E-state index in [0.29, 0.717) is 11.4 Å². The molecule has 4 unspecified atom stereocenters. The number of hydrogen-bond acceptors (Lipinski definition) is 8. The van der Waals surface area contributed by atoms with Gasteiger partial charge in [-0.3, -0.25) is 19.2 Å². The highest BCUT2D eigenvalue weighted by atomic mass is 32.2. The van der Waals surface area contributed by atoms with Crippen LogP contribution < -0.4 is 27.4 Å². The summed E-state index contributed by atoms with van der Waals surface area (Å²) in [5.74, 6) is -3.59. The predicted molar refractivity (Wildman–Crippen MR) is 116 cm³/mol. The Morgan fingerprint density at radius 3 is 2.31 bits per heavy atom. The van der Waals surface area contributed by atoms with Crippen molar-refractivity contribution in [1.82, 2.24) is 25.9 Å². The number of nitrogens with one attached hydrogen (secondary N) is 4. The lowest BCUT2D eigenvalue weighted by Gasteiger charge is -2.23. The van der Waals surface area contributed by atoms with Crippen LogP contribution in [0.2, 0.25) is 0 Å². The first-order valence-corrected chi connectivity index (χ1v) is 11.1. The summed E-state index contributed by atoms with van der Waals surface area (Å²) in [5, 5.41) is 16.7. The fraction of sp³-hybridized carbons (Fsp3) is 0.556. The average molecular weight is 472 g/mol. The highest BCUT2D eigenvalue weighted by Crippen LogP contribution is 2.05. The second-order valence-electron chi connectivity index (χ2n) is 7.03. The topological polar surface area (TPSA) is 222 Å². The average Bonchev–Trinajstić information content (AvgIpc) is 3.22. The van der Waals surface area contributed by atoms with Crippen molar-refractivity contribution in [2.75, 3.05) is 12.0 Å². The zero-order valence-corrected chi connectivity index (χ0v) is 18.6. The predicted octanol–water partition coefficient (Wildman–Crippen LogP) is -2.53. The van der Waals surface area contributed by atoms with Crippen LogP contribution in [0, 0.1) is 0 Å². The van der Waals surface area contributed by atoms with Gasteiger partial charge < -0.3 is 37.5 Å². The Bertz CT molecular complexity index is 804. The molecule has 0 radical (unpaired) electrons. The molecule has 0 saturated carbocycles. The van der Waals surface area contributed by atoms with E-state index in [0.717, 1.165) is 0 Å². The Balaban J connectivity index is 2.77. The number of nitrogens with zero attached hydrogens (tertiary/aromatic N) is 1. The molecule has 1 heterocycles. The molecule has 0 spiro atoms. The molecule has 13 nitrogen and oxygen atoms in total. The van der Waals surface area contributed by atoms with Gasteiger partial charge in [-0.1, -0.05) is 0 Å². The van der Waals surface area contributed by atoms with Gasteiger partial charge in [-0.2, -0.15) is 11.8 Å². The lowest BCUT2D eigenvalue weighted by atomic mass is 10.1. The minimum absolute atomic E-state index is 0.0194. The molecule has 32 heavy (non-hydrogen) atoms. The molecule has 178 valence electrons. The normalized spacial score (nSPS) is 14.5. The van der Waals surface area contributed by atoms with Gasteiger partial charge in [-0.15, -0.1) is 0 Å². The molecule has 14 heteroatoms. The number of hydrogen-bond donors (Lipinski definition) is 7. The summed E-state index contributed by atoms with van der Waals surface area (Å²) in [6, 6.07) is -4.54. The molecule has 0 aromatic carbocycles. The van der Waals surface area contributed by atoms with Crippen molar-refractivity contribution in [1.29, 1.82) is 0 Å². The number of amides is 4. The molecule has 0 saturated heterocycles. The summed E-state index contributed by atoms with van der Waals surface area (Å²) >= 11 is 1.44. The number of aromatic nitrogens is 2. The summed E-state index contributed by atoms with van der Waals surface area (Å²) in [4.78, 5) is 66.2. The molecule has 1 rings (SSSR count). The number of thioether (sulfide) groups is 1. The summed E-state index contributed by atoms with van der Waals surface area (Å²) in [6.45, 7) is 1.38. The number of carboxylic acids is 1. The van der Waals surface area contributed by atoms with E-state index in [1.807, 2.05) is 6.26 Å². The van der Waals surface area contributed by atoms with E-state index in [9.17, 15) is 29.1 Å². The van der Waals surface area contributed by atoms with E-state index in [4.69, 9.17) is 11.5 Å². The van der Waals surface area contributed by atoms with Crippen molar-refractivity contribution in [2.45, 2.75) is 50.4 Å². The molecule has 0 aliphatic heterocycles. The molecular weight excluding hydrogens is 442 g/mol. The monoisotopic (exact) mass is 471 g/mol. The lowest BCUT2D eigenvalue weighted by Crippen LogP contribution is -2.56. The van der Waals surface area contributed by atoms with Crippen LogP contribution in [0.15, 0.2) is 12.5 Å². The van der Waals surface area contributed by atoms with Gasteiger partial charge in [0.2, 0.25) is 23.6 Å². The molecular formula is C18H29N7O6S. The first kappa shape index (κ1) is 26.9. The highest BCUT2D eigenvalue weighted by molar-refractivity contribution is 7.98. The molecule has 4 amide bonds.